The van der Waals surface area contributed by atoms with Crippen molar-refractivity contribution in [3.8, 4) is 5.75 Å². The first kappa shape index (κ1) is 16.6. The zero-order valence-electron chi connectivity index (χ0n) is 10.2. The van der Waals surface area contributed by atoms with E-state index in [1.807, 2.05) is 24.3 Å². The molecule has 1 aromatic carbocycles. The Hall–Kier alpha value is -0.430. The van der Waals surface area contributed by atoms with E-state index >= 15 is 0 Å². The van der Waals surface area contributed by atoms with Crippen LogP contribution in [0.4, 0.5) is 0 Å². The van der Waals surface area contributed by atoms with Gasteiger partial charge in [-0.25, -0.2) is 0 Å². The summed E-state index contributed by atoms with van der Waals surface area (Å²) in [5.74, 6) is 2.56. The summed E-state index contributed by atoms with van der Waals surface area (Å²) >= 11 is 5.10. The molecule has 1 saturated heterocycles. The largest absolute Gasteiger partial charge is 0.492 e. The van der Waals surface area contributed by atoms with Gasteiger partial charge in [0.25, 0.3) is 0 Å². The second kappa shape index (κ2) is 8.68. The van der Waals surface area contributed by atoms with Gasteiger partial charge in [0.15, 0.2) is 0 Å². The van der Waals surface area contributed by atoms with Crippen molar-refractivity contribution in [1.29, 1.82) is 0 Å². The maximum absolute atomic E-state index is 11.7. The zero-order valence-corrected chi connectivity index (χ0v) is 13.4. The number of hydrogen-bond acceptors (Lipinski definition) is 4. The van der Waals surface area contributed by atoms with Crippen molar-refractivity contribution in [1.82, 2.24) is 10.6 Å². The molecule has 0 aromatic heterocycles. The Morgan fingerprint density at radius 2 is 2.21 bits per heavy atom. The van der Waals surface area contributed by atoms with E-state index in [-0.39, 0.29) is 24.4 Å². The van der Waals surface area contributed by atoms with E-state index < -0.39 is 0 Å². The Morgan fingerprint density at radius 1 is 1.47 bits per heavy atom. The van der Waals surface area contributed by atoms with Crippen molar-refractivity contribution >= 4 is 46.0 Å². The molecule has 1 heterocycles. The van der Waals surface area contributed by atoms with E-state index in [9.17, 15) is 4.79 Å². The minimum Gasteiger partial charge on any atom is -0.492 e. The summed E-state index contributed by atoms with van der Waals surface area (Å²) in [5.41, 5.74) is 0. The molecule has 0 bridgehead atoms. The molecule has 1 aromatic rings. The normalized spacial score (nSPS) is 17.6. The third-order valence-electron chi connectivity index (χ3n) is 2.52. The third-order valence-corrected chi connectivity index (χ3v) is 3.98. The number of thioether (sulfide) groups is 1. The first-order chi connectivity index (χ1) is 8.75. The summed E-state index contributed by atoms with van der Waals surface area (Å²) in [5, 5.41) is 5.98. The van der Waals surface area contributed by atoms with Crippen LogP contribution in [0.5, 0.6) is 5.75 Å². The summed E-state index contributed by atoms with van der Waals surface area (Å²) in [4.78, 5) is 11.7. The van der Waals surface area contributed by atoms with Gasteiger partial charge in [-0.1, -0.05) is 15.9 Å². The van der Waals surface area contributed by atoms with Gasteiger partial charge in [-0.05, 0) is 24.3 Å². The Morgan fingerprint density at radius 3 is 2.84 bits per heavy atom. The number of carbonyl (C=O) groups excluding carboxylic acids is 1. The van der Waals surface area contributed by atoms with E-state index in [0.29, 0.717) is 13.2 Å². The molecule has 1 fully saturated rings. The average Bonchev–Trinajstić information content (AvgIpc) is 2.90. The minimum absolute atomic E-state index is 0. The van der Waals surface area contributed by atoms with Crippen LogP contribution in [0.1, 0.15) is 0 Å². The summed E-state index contributed by atoms with van der Waals surface area (Å²) < 4.78 is 6.53. The van der Waals surface area contributed by atoms with Crippen molar-refractivity contribution in [3.63, 3.8) is 0 Å². The van der Waals surface area contributed by atoms with Crippen LogP contribution in [0.25, 0.3) is 0 Å². The van der Waals surface area contributed by atoms with Gasteiger partial charge in [0.1, 0.15) is 12.4 Å². The first-order valence-electron chi connectivity index (χ1n) is 5.73. The molecule has 19 heavy (non-hydrogen) atoms. The molecular formula is C12H16BrClN2O2S. The summed E-state index contributed by atoms with van der Waals surface area (Å²) in [6.45, 7) is 1.00. The van der Waals surface area contributed by atoms with Gasteiger partial charge < -0.3 is 10.1 Å². The lowest BCUT2D eigenvalue weighted by Crippen LogP contribution is -2.43. The zero-order chi connectivity index (χ0) is 12.8. The molecule has 0 radical (unpaired) electrons. The number of ether oxygens (including phenoxy) is 1. The van der Waals surface area contributed by atoms with Crippen molar-refractivity contribution in [2.24, 2.45) is 0 Å². The molecule has 7 heteroatoms. The van der Waals surface area contributed by atoms with Crippen molar-refractivity contribution in [3.05, 3.63) is 28.7 Å². The van der Waals surface area contributed by atoms with Crippen LogP contribution in [0.15, 0.2) is 28.7 Å². The number of benzene rings is 1. The predicted octanol–water partition coefficient (Wildman–Crippen LogP) is 2.03. The van der Waals surface area contributed by atoms with Crippen LogP contribution >= 0.6 is 40.1 Å². The number of amides is 1. The fraction of sp³-hybridized carbons (Fsp3) is 0.417. The van der Waals surface area contributed by atoms with Crippen LogP contribution in [-0.2, 0) is 4.79 Å². The summed E-state index contributed by atoms with van der Waals surface area (Å²) in [7, 11) is 0. The second-order valence-electron chi connectivity index (χ2n) is 3.87. The molecule has 1 atom stereocenters. The Balaban J connectivity index is 0.00000180. The van der Waals surface area contributed by atoms with E-state index in [1.165, 1.54) is 0 Å². The van der Waals surface area contributed by atoms with Crippen LogP contribution in [0.3, 0.4) is 0 Å². The highest BCUT2D eigenvalue weighted by atomic mass is 79.9. The molecule has 4 nitrogen and oxygen atoms in total. The fourth-order valence-corrected chi connectivity index (χ4v) is 2.77. The lowest BCUT2D eigenvalue weighted by atomic mass is 10.3. The van der Waals surface area contributed by atoms with E-state index in [1.54, 1.807) is 11.8 Å². The van der Waals surface area contributed by atoms with Gasteiger partial charge in [0.2, 0.25) is 5.91 Å². The van der Waals surface area contributed by atoms with Gasteiger partial charge in [0, 0.05) is 16.1 Å². The Labute approximate surface area is 131 Å². The number of carbonyl (C=O) groups is 1. The molecule has 2 rings (SSSR count). The van der Waals surface area contributed by atoms with Crippen LogP contribution in [-0.4, -0.2) is 36.7 Å². The van der Waals surface area contributed by atoms with Crippen molar-refractivity contribution in [2.75, 3.05) is 24.8 Å². The van der Waals surface area contributed by atoms with Gasteiger partial charge in [-0.3, -0.25) is 10.1 Å². The summed E-state index contributed by atoms with van der Waals surface area (Å²) in [6, 6.07) is 7.58. The van der Waals surface area contributed by atoms with Gasteiger partial charge in [-0.15, -0.1) is 24.2 Å². The second-order valence-corrected chi connectivity index (χ2v) is 5.81. The van der Waals surface area contributed by atoms with Crippen molar-refractivity contribution < 1.29 is 9.53 Å². The molecule has 106 valence electrons. The lowest BCUT2D eigenvalue weighted by Gasteiger charge is -2.11. The molecule has 2 N–H and O–H groups in total. The SMILES string of the molecule is Cl.O=C(NCCOc1ccc(Br)cc1)C1CSCN1. The number of rotatable bonds is 5. The Bertz CT molecular complexity index is 399. The van der Waals surface area contributed by atoms with Gasteiger partial charge in [-0.2, -0.15) is 0 Å². The van der Waals surface area contributed by atoms with Crippen LogP contribution < -0.4 is 15.4 Å². The molecule has 1 amide bonds. The molecule has 0 saturated carbocycles. The highest BCUT2D eigenvalue weighted by Gasteiger charge is 2.21. The highest BCUT2D eigenvalue weighted by molar-refractivity contribution is 9.10. The van der Waals surface area contributed by atoms with Crippen LogP contribution in [0.2, 0.25) is 0 Å². The Kier molecular flexibility index (Phi) is 7.60. The first-order valence-corrected chi connectivity index (χ1v) is 7.68. The van der Waals surface area contributed by atoms with Gasteiger partial charge >= 0.3 is 0 Å². The summed E-state index contributed by atoms with van der Waals surface area (Å²) in [6.07, 6.45) is 0. The number of hydrogen-bond donors (Lipinski definition) is 2. The maximum Gasteiger partial charge on any atom is 0.238 e. The molecule has 1 aliphatic rings. The van der Waals surface area contributed by atoms with E-state index in [0.717, 1.165) is 21.9 Å². The fourth-order valence-electron chi connectivity index (χ4n) is 1.56. The quantitative estimate of drug-likeness (QED) is 0.782. The minimum atomic E-state index is -0.0531. The highest BCUT2D eigenvalue weighted by Crippen LogP contribution is 2.15. The number of halogens is 2. The topological polar surface area (TPSA) is 50.4 Å². The van der Waals surface area contributed by atoms with Crippen LogP contribution in [0, 0.1) is 0 Å². The molecule has 1 unspecified atom stereocenters. The van der Waals surface area contributed by atoms with Gasteiger partial charge in [0.05, 0.1) is 12.6 Å². The smallest absolute Gasteiger partial charge is 0.238 e. The molecule has 0 aliphatic carbocycles. The monoisotopic (exact) mass is 366 g/mol. The average molecular weight is 368 g/mol. The third kappa shape index (κ3) is 5.60. The van der Waals surface area contributed by atoms with Crippen molar-refractivity contribution in [2.45, 2.75) is 6.04 Å². The maximum atomic E-state index is 11.7. The number of nitrogens with one attached hydrogen (secondary N) is 2. The molecule has 1 aliphatic heterocycles. The predicted molar refractivity (Wildman–Crippen MR) is 84.1 cm³/mol. The van der Waals surface area contributed by atoms with E-state index in [4.69, 9.17) is 4.74 Å². The lowest BCUT2D eigenvalue weighted by molar-refractivity contribution is -0.122. The van der Waals surface area contributed by atoms with E-state index in [2.05, 4.69) is 26.6 Å². The standard InChI is InChI=1S/C12H15BrN2O2S.ClH/c13-9-1-3-10(4-2-9)17-6-5-14-12(16)11-7-18-8-15-11;/h1-4,11,15H,5-8H2,(H,14,16);1H. The molecular weight excluding hydrogens is 352 g/mol. The molecule has 0 spiro atoms.